The number of nitrogens with zero attached hydrogens (tertiary/aromatic N) is 3. The molecule has 0 atom stereocenters. The van der Waals surface area contributed by atoms with Crippen LogP contribution in [-0.2, 0) is 22.7 Å². The molecule has 0 bridgehead atoms. The van der Waals surface area contributed by atoms with Crippen LogP contribution in [0.15, 0.2) is 59.6 Å². The minimum Gasteiger partial charge on any atom is -0.480 e. The fraction of sp³-hybridized carbons (Fsp3) is 0.273. The van der Waals surface area contributed by atoms with Crippen LogP contribution in [0.25, 0.3) is 0 Å². The lowest BCUT2D eigenvalue weighted by molar-refractivity contribution is -0.138. The number of carboxylic acid groups (broad SMARTS) is 1. The Morgan fingerprint density at radius 2 is 1.77 bits per heavy atom. The summed E-state index contributed by atoms with van der Waals surface area (Å²) in [5.74, 6) is -1.36. The Kier molecular flexibility index (Phi) is 6.56. The molecule has 0 saturated heterocycles. The van der Waals surface area contributed by atoms with Gasteiger partial charge in [-0.1, -0.05) is 35.0 Å². The van der Waals surface area contributed by atoms with Gasteiger partial charge in [-0.15, -0.1) is 16.9 Å². The van der Waals surface area contributed by atoms with Gasteiger partial charge in [0.05, 0.1) is 24.0 Å². The van der Waals surface area contributed by atoms with E-state index in [-0.39, 0.29) is 6.61 Å². The van der Waals surface area contributed by atoms with E-state index in [9.17, 15) is 14.7 Å². The number of carbonyl (C=O) groups excluding carboxylic acids is 1. The van der Waals surface area contributed by atoms with Crippen LogP contribution in [0, 0.1) is 6.92 Å². The van der Waals surface area contributed by atoms with Crippen molar-refractivity contribution in [2.45, 2.75) is 43.6 Å². The number of ether oxygens (including phenoxy) is 1. The Morgan fingerprint density at radius 1 is 1.10 bits per heavy atom. The average Bonchev–Trinajstić information content (AvgIpc) is 3.15. The van der Waals surface area contributed by atoms with Crippen LogP contribution in [0.3, 0.4) is 0 Å². The summed E-state index contributed by atoms with van der Waals surface area (Å²) in [6, 6.07) is 14.8. The number of aliphatic carboxylic acids is 1. The van der Waals surface area contributed by atoms with E-state index in [1.165, 1.54) is 17.3 Å². The monoisotopic (exact) mass is 425 g/mol. The molecule has 30 heavy (non-hydrogen) atoms. The van der Waals surface area contributed by atoms with E-state index >= 15 is 0 Å². The molecule has 1 N–H and O–H groups in total. The van der Waals surface area contributed by atoms with Crippen LogP contribution < -0.4 is 0 Å². The van der Waals surface area contributed by atoms with E-state index in [1.807, 2.05) is 31.2 Å². The van der Waals surface area contributed by atoms with Gasteiger partial charge in [0.2, 0.25) is 0 Å². The lowest BCUT2D eigenvalue weighted by atomic mass is 10.1. The predicted octanol–water partition coefficient (Wildman–Crippen LogP) is 3.95. The normalized spacial score (nSPS) is 11.3. The Bertz CT molecular complexity index is 1030. The van der Waals surface area contributed by atoms with Crippen LogP contribution in [0.1, 0.15) is 41.0 Å². The first-order valence-corrected chi connectivity index (χ1v) is 10.2. The summed E-state index contributed by atoms with van der Waals surface area (Å²) in [5.41, 5.74) is 3.35. The van der Waals surface area contributed by atoms with Crippen molar-refractivity contribution in [1.29, 1.82) is 0 Å². The number of aryl methyl sites for hydroxylation is 1. The molecule has 3 rings (SSSR count). The highest BCUT2D eigenvalue weighted by molar-refractivity contribution is 8.01. The number of hydrogen-bond acceptors (Lipinski definition) is 6. The van der Waals surface area contributed by atoms with Crippen molar-refractivity contribution in [3.8, 4) is 0 Å². The molecule has 156 valence electrons. The van der Waals surface area contributed by atoms with Gasteiger partial charge >= 0.3 is 11.9 Å². The molecule has 0 aliphatic heterocycles. The second kappa shape index (κ2) is 9.13. The lowest BCUT2D eigenvalue weighted by Crippen LogP contribution is -2.26. The van der Waals surface area contributed by atoms with Gasteiger partial charge in [0.15, 0.2) is 0 Å². The molecule has 1 heterocycles. The topological polar surface area (TPSA) is 94.3 Å². The summed E-state index contributed by atoms with van der Waals surface area (Å²) in [4.78, 5) is 24.4. The first-order chi connectivity index (χ1) is 14.2. The molecule has 0 radical (unpaired) electrons. The van der Waals surface area contributed by atoms with Gasteiger partial charge < -0.3 is 9.84 Å². The van der Waals surface area contributed by atoms with Crippen LogP contribution >= 0.6 is 11.8 Å². The number of rotatable bonds is 8. The van der Waals surface area contributed by atoms with Gasteiger partial charge in [-0.2, -0.15) is 0 Å². The molecule has 0 amide bonds. The van der Waals surface area contributed by atoms with E-state index < -0.39 is 16.7 Å². The highest BCUT2D eigenvalue weighted by Gasteiger charge is 2.28. The first-order valence-electron chi connectivity index (χ1n) is 9.37. The van der Waals surface area contributed by atoms with Gasteiger partial charge in [0.25, 0.3) is 0 Å². The first kappa shape index (κ1) is 21.6. The largest absolute Gasteiger partial charge is 0.480 e. The van der Waals surface area contributed by atoms with Crippen molar-refractivity contribution in [2.75, 3.05) is 0 Å². The number of carboxylic acids is 1. The Balaban J connectivity index is 1.59. The van der Waals surface area contributed by atoms with Crippen molar-refractivity contribution >= 4 is 23.7 Å². The summed E-state index contributed by atoms with van der Waals surface area (Å²) in [6.45, 7) is 5.90. The molecular weight excluding hydrogens is 402 g/mol. The fourth-order valence-electron chi connectivity index (χ4n) is 2.61. The van der Waals surface area contributed by atoms with Gasteiger partial charge in [-0.05, 0) is 50.6 Å². The number of aromatic nitrogens is 3. The number of hydrogen-bond donors (Lipinski definition) is 1. The zero-order chi connectivity index (χ0) is 21.7. The van der Waals surface area contributed by atoms with Gasteiger partial charge in [0.1, 0.15) is 11.4 Å². The molecule has 2 aromatic carbocycles. The van der Waals surface area contributed by atoms with Gasteiger partial charge in [-0.25, -0.2) is 9.48 Å². The second-order valence-corrected chi connectivity index (χ2v) is 9.08. The average molecular weight is 426 g/mol. The highest BCUT2D eigenvalue weighted by atomic mass is 32.2. The maximum Gasteiger partial charge on any atom is 0.338 e. The molecule has 1 aromatic heterocycles. The van der Waals surface area contributed by atoms with Crippen LogP contribution in [0.4, 0.5) is 0 Å². The number of carbonyl (C=O) groups is 2. The van der Waals surface area contributed by atoms with Gasteiger partial charge in [0, 0.05) is 4.90 Å². The summed E-state index contributed by atoms with van der Waals surface area (Å²) < 4.78 is 6.15. The minimum absolute atomic E-state index is 0.0558. The number of esters is 1. The summed E-state index contributed by atoms with van der Waals surface area (Å²) >= 11 is 1.22. The van der Waals surface area contributed by atoms with Crippen molar-refractivity contribution in [3.63, 3.8) is 0 Å². The summed E-state index contributed by atoms with van der Waals surface area (Å²) in [5, 5.41) is 17.2. The molecule has 0 spiro atoms. The van der Waals surface area contributed by atoms with Crippen LogP contribution in [-0.4, -0.2) is 36.8 Å². The van der Waals surface area contributed by atoms with Crippen molar-refractivity contribution in [1.82, 2.24) is 15.0 Å². The SMILES string of the molecule is Cc1ccc(Cn2nncc2COC(=O)c2ccc(SC(C)(C)C(=O)O)cc2)cc1. The maximum atomic E-state index is 12.4. The standard InChI is InChI=1S/C22H23N3O4S/c1-15-4-6-16(7-5-15)13-25-18(12-23-24-25)14-29-20(26)17-8-10-19(11-9-17)30-22(2,3)21(27)28/h4-12H,13-14H2,1-3H3,(H,27,28). The quantitative estimate of drug-likeness (QED) is 0.431. The van der Waals surface area contributed by atoms with Crippen LogP contribution in [0.5, 0.6) is 0 Å². The third-order valence-electron chi connectivity index (χ3n) is 4.48. The van der Waals surface area contributed by atoms with Crippen LogP contribution in [0.2, 0.25) is 0 Å². The molecule has 0 aliphatic carbocycles. The Labute approximate surface area is 179 Å². The molecule has 8 heteroatoms. The van der Waals surface area contributed by atoms with E-state index in [2.05, 4.69) is 10.3 Å². The van der Waals surface area contributed by atoms with E-state index in [0.717, 1.165) is 10.5 Å². The fourth-order valence-corrected chi connectivity index (χ4v) is 3.56. The molecule has 0 saturated carbocycles. The molecule has 3 aromatic rings. The smallest absolute Gasteiger partial charge is 0.338 e. The zero-order valence-electron chi connectivity index (χ0n) is 17.0. The van der Waals surface area contributed by atoms with Crippen molar-refractivity contribution in [3.05, 3.63) is 77.1 Å². The number of thioether (sulfide) groups is 1. The predicted molar refractivity (Wildman–Crippen MR) is 113 cm³/mol. The Hall–Kier alpha value is -3.13. The van der Waals surface area contributed by atoms with E-state index in [0.29, 0.717) is 17.8 Å². The Morgan fingerprint density at radius 3 is 2.40 bits per heavy atom. The molecule has 0 unspecified atom stereocenters. The maximum absolute atomic E-state index is 12.4. The summed E-state index contributed by atoms with van der Waals surface area (Å²) in [6.07, 6.45) is 1.58. The third kappa shape index (κ3) is 5.48. The molecular formula is C22H23N3O4S. The van der Waals surface area contributed by atoms with E-state index in [4.69, 9.17) is 4.74 Å². The summed E-state index contributed by atoms with van der Waals surface area (Å²) in [7, 11) is 0. The van der Waals surface area contributed by atoms with Crippen molar-refractivity contribution < 1.29 is 19.4 Å². The molecule has 0 aliphatic rings. The minimum atomic E-state index is -0.953. The molecule has 7 nitrogen and oxygen atoms in total. The zero-order valence-corrected chi connectivity index (χ0v) is 17.8. The third-order valence-corrected chi connectivity index (χ3v) is 5.67. The number of benzene rings is 2. The van der Waals surface area contributed by atoms with E-state index in [1.54, 1.807) is 49.0 Å². The molecule has 0 fully saturated rings. The second-order valence-electron chi connectivity index (χ2n) is 7.39. The highest BCUT2D eigenvalue weighted by Crippen LogP contribution is 2.32. The van der Waals surface area contributed by atoms with Gasteiger partial charge in [-0.3, -0.25) is 4.79 Å². The van der Waals surface area contributed by atoms with Crippen molar-refractivity contribution in [2.24, 2.45) is 0 Å². The lowest BCUT2D eigenvalue weighted by Gasteiger charge is -2.18.